The zero-order valence-corrected chi connectivity index (χ0v) is 18.2. The van der Waals surface area contributed by atoms with Crippen LogP contribution in [0.1, 0.15) is 12.1 Å². The number of aromatic nitrogens is 3. The molecule has 0 radical (unpaired) electrons. The van der Waals surface area contributed by atoms with Gasteiger partial charge in [0.25, 0.3) is 0 Å². The van der Waals surface area contributed by atoms with Crippen LogP contribution < -0.4 is 0 Å². The average molecular weight is 448 g/mol. The molecule has 0 aliphatic carbocycles. The van der Waals surface area contributed by atoms with Gasteiger partial charge in [0.1, 0.15) is 0 Å². The molecule has 4 heterocycles. The third-order valence-corrected chi connectivity index (χ3v) is 7.02. The Hall–Kier alpha value is -2.06. The first-order valence-electron chi connectivity index (χ1n) is 10.1. The van der Waals surface area contributed by atoms with E-state index in [2.05, 4.69) is 26.7 Å². The van der Waals surface area contributed by atoms with Crippen molar-refractivity contribution in [2.24, 2.45) is 0 Å². The van der Waals surface area contributed by atoms with E-state index in [1.807, 2.05) is 23.2 Å². The van der Waals surface area contributed by atoms with Crippen LogP contribution in [0.25, 0.3) is 22.0 Å². The molecule has 2 aromatic heterocycles. The van der Waals surface area contributed by atoms with E-state index in [0.29, 0.717) is 42.7 Å². The summed E-state index contributed by atoms with van der Waals surface area (Å²) in [5, 5.41) is 9.11. The quantitative estimate of drug-likeness (QED) is 0.667. The molecule has 3 aromatic rings. The van der Waals surface area contributed by atoms with Crippen LogP contribution in [0.15, 0.2) is 24.5 Å². The topological polar surface area (TPSA) is 66.4 Å². The Morgan fingerprint density at radius 1 is 1.30 bits per heavy atom. The van der Waals surface area contributed by atoms with E-state index in [1.165, 1.54) is 0 Å². The molecule has 1 fully saturated rings. The lowest BCUT2D eigenvalue weighted by molar-refractivity contribution is -0.135. The number of morpholine rings is 1. The Morgan fingerprint density at radius 2 is 2.17 bits per heavy atom. The van der Waals surface area contributed by atoms with Crippen molar-refractivity contribution in [3.63, 3.8) is 0 Å². The molecule has 0 spiro atoms. The summed E-state index contributed by atoms with van der Waals surface area (Å²) in [4.78, 5) is 17.3. The van der Waals surface area contributed by atoms with Gasteiger partial charge >= 0.3 is 0 Å². The molecule has 0 saturated carbocycles. The number of ether oxygens (including phenoxy) is 1. The maximum atomic E-state index is 13.1. The van der Waals surface area contributed by atoms with Crippen molar-refractivity contribution in [1.82, 2.24) is 24.6 Å². The molecule has 1 atom stereocenters. The van der Waals surface area contributed by atoms with Crippen LogP contribution in [0.4, 0.5) is 0 Å². The van der Waals surface area contributed by atoms with E-state index >= 15 is 0 Å². The van der Waals surface area contributed by atoms with Crippen LogP contribution in [0, 0.1) is 0 Å². The smallest absolute Gasteiger partial charge is 0.224 e. The van der Waals surface area contributed by atoms with Crippen LogP contribution in [-0.2, 0) is 22.6 Å². The summed E-state index contributed by atoms with van der Waals surface area (Å²) in [5.74, 6) is 0.149. The highest BCUT2D eigenvalue weighted by Crippen LogP contribution is 2.42. The fraction of sp³-hybridized carbons (Fsp3) is 0.429. The number of benzene rings is 1. The van der Waals surface area contributed by atoms with Crippen LogP contribution in [0.3, 0.4) is 0 Å². The predicted octanol–water partition coefficient (Wildman–Crippen LogP) is 3.40. The molecule has 0 bridgehead atoms. The highest BCUT2D eigenvalue weighted by molar-refractivity contribution is 6.45. The second kappa shape index (κ2) is 7.89. The molecular formula is C21H23Cl2N5O2. The summed E-state index contributed by atoms with van der Waals surface area (Å²) in [5.41, 5.74) is 4.00. The van der Waals surface area contributed by atoms with Crippen LogP contribution in [0.5, 0.6) is 0 Å². The number of carbonyl (C=O) groups is 1. The van der Waals surface area contributed by atoms with Gasteiger partial charge in [-0.25, -0.2) is 0 Å². The predicted molar refractivity (Wildman–Crippen MR) is 117 cm³/mol. The van der Waals surface area contributed by atoms with Crippen molar-refractivity contribution in [2.75, 3.05) is 33.4 Å². The Bertz CT molecular complexity index is 1090. The van der Waals surface area contributed by atoms with E-state index in [-0.39, 0.29) is 11.9 Å². The normalized spacial score (nSPS) is 20.0. The molecule has 158 valence electrons. The largest absolute Gasteiger partial charge is 0.378 e. The van der Waals surface area contributed by atoms with Crippen molar-refractivity contribution in [3.8, 4) is 11.1 Å². The second-order valence-electron chi connectivity index (χ2n) is 7.95. The molecule has 30 heavy (non-hydrogen) atoms. The maximum absolute atomic E-state index is 13.1. The van der Waals surface area contributed by atoms with E-state index in [0.717, 1.165) is 40.9 Å². The minimum atomic E-state index is 0.126. The van der Waals surface area contributed by atoms with Gasteiger partial charge in [-0.1, -0.05) is 29.3 Å². The summed E-state index contributed by atoms with van der Waals surface area (Å²) in [7, 11) is 2.05. The monoisotopic (exact) mass is 447 g/mol. The number of fused-ring (bicyclic) bond motifs is 3. The Balaban J connectivity index is 1.51. The Morgan fingerprint density at radius 3 is 2.93 bits per heavy atom. The molecule has 1 saturated heterocycles. The van der Waals surface area contributed by atoms with Crippen LogP contribution in [0.2, 0.25) is 10.0 Å². The highest BCUT2D eigenvalue weighted by Gasteiger charge is 2.31. The summed E-state index contributed by atoms with van der Waals surface area (Å²) in [6.07, 6.45) is 4.13. The average Bonchev–Trinajstić information content (AvgIpc) is 3.37. The molecule has 1 aromatic carbocycles. The van der Waals surface area contributed by atoms with Crippen LogP contribution in [-0.4, -0.2) is 69.9 Å². The van der Waals surface area contributed by atoms with Gasteiger partial charge in [0.2, 0.25) is 5.91 Å². The number of rotatable bonds is 3. The number of nitrogens with zero attached hydrogens (tertiary/aromatic N) is 4. The van der Waals surface area contributed by atoms with Gasteiger partial charge in [0.05, 0.1) is 41.5 Å². The van der Waals surface area contributed by atoms with Crippen molar-refractivity contribution in [2.45, 2.75) is 25.6 Å². The standard InChI is InChI=1S/C21H23Cl2N5O2/c1-26-6-7-30-12-14(26)8-18(29)27-4-5-28-17(11-27)19(13-9-24-25-10-13)15-2-3-16(22)20(23)21(15)28/h2-3,9-10,14H,4-8,11-12H2,1H3,(H,24,25)/t14-/m0/s1. The number of nitrogens with one attached hydrogen (secondary N) is 1. The zero-order valence-electron chi connectivity index (χ0n) is 16.7. The minimum Gasteiger partial charge on any atom is -0.378 e. The highest BCUT2D eigenvalue weighted by atomic mass is 35.5. The lowest BCUT2D eigenvalue weighted by Crippen LogP contribution is -2.47. The lowest BCUT2D eigenvalue weighted by Gasteiger charge is -2.35. The van der Waals surface area contributed by atoms with Crippen molar-refractivity contribution >= 4 is 40.0 Å². The maximum Gasteiger partial charge on any atom is 0.224 e. The minimum absolute atomic E-state index is 0.126. The molecule has 2 aliphatic heterocycles. The molecule has 2 aliphatic rings. The zero-order chi connectivity index (χ0) is 20.8. The van der Waals surface area contributed by atoms with Gasteiger partial charge in [-0.05, 0) is 13.1 Å². The fourth-order valence-corrected chi connectivity index (χ4v) is 4.95. The third kappa shape index (κ3) is 3.30. The molecule has 9 heteroatoms. The molecule has 5 rings (SSSR count). The van der Waals surface area contributed by atoms with Gasteiger partial charge in [-0.15, -0.1) is 0 Å². The summed E-state index contributed by atoms with van der Waals surface area (Å²) < 4.78 is 7.78. The number of amides is 1. The SMILES string of the molecule is CN1CCOC[C@@H]1CC(=O)N1CCn2c(c(-c3cn[nH]c3)c3ccc(Cl)c(Cl)c32)C1. The summed E-state index contributed by atoms with van der Waals surface area (Å²) in [6, 6.07) is 3.95. The van der Waals surface area contributed by atoms with E-state index in [9.17, 15) is 4.79 Å². The first-order chi connectivity index (χ1) is 14.5. The number of H-pyrrole nitrogens is 1. The fourth-order valence-electron chi connectivity index (χ4n) is 4.53. The molecule has 7 nitrogen and oxygen atoms in total. The number of carbonyl (C=O) groups excluding carboxylic acids is 1. The first kappa shape index (κ1) is 19.9. The van der Waals surface area contributed by atoms with Gasteiger partial charge in [0, 0.05) is 60.5 Å². The third-order valence-electron chi connectivity index (χ3n) is 6.23. The van der Waals surface area contributed by atoms with E-state index in [1.54, 1.807) is 6.20 Å². The Labute approximate surface area is 184 Å². The molecule has 1 amide bonds. The summed E-state index contributed by atoms with van der Waals surface area (Å²) in [6.45, 7) is 4.02. The number of hydrogen-bond donors (Lipinski definition) is 1. The second-order valence-corrected chi connectivity index (χ2v) is 8.73. The van der Waals surface area contributed by atoms with Gasteiger partial charge in [-0.2, -0.15) is 5.10 Å². The summed E-state index contributed by atoms with van der Waals surface area (Å²) >= 11 is 12.9. The van der Waals surface area contributed by atoms with Gasteiger partial charge in [0.15, 0.2) is 0 Å². The van der Waals surface area contributed by atoms with Crippen LogP contribution >= 0.6 is 23.2 Å². The van der Waals surface area contributed by atoms with Gasteiger partial charge in [-0.3, -0.25) is 14.8 Å². The number of halogens is 2. The van der Waals surface area contributed by atoms with Crippen molar-refractivity contribution < 1.29 is 9.53 Å². The van der Waals surface area contributed by atoms with Crippen molar-refractivity contribution in [1.29, 1.82) is 0 Å². The van der Waals surface area contributed by atoms with Gasteiger partial charge < -0.3 is 14.2 Å². The lowest BCUT2D eigenvalue weighted by atomic mass is 10.0. The molecule has 0 unspecified atom stereocenters. The molecular weight excluding hydrogens is 425 g/mol. The van der Waals surface area contributed by atoms with E-state index < -0.39 is 0 Å². The number of likely N-dealkylation sites (N-methyl/N-ethyl adjacent to an activating group) is 1. The van der Waals surface area contributed by atoms with E-state index in [4.69, 9.17) is 27.9 Å². The first-order valence-corrected chi connectivity index (χ1v) is 10.8. The molecule has 1 N–H and O–H groups in total. The Kier molecular flexibility index (Phi) is 5.23. The van der Waals surface area contributed by atoms with Crippen molar-refractivity contribution in [3.05, 3.63) is 40.3 Å². The number of aromatic amines is 1. The number of hydrogen-bond acceptors (Lipinski definition) is 4.